The van der Waals surface area contributed by atoms with Crippen molar-refractivity contribution in [1.29, 1.82) is 0 Å². The molecule has 16 heavy (non-hydrogen) atoms. The zero-order valence-electron chi connectivity index (χ0n) is 7.85. The maximum atomic E-state index is 12.4. The highest BCUT2D eigenvalue weighted by molar-refractivity contribution is 6.33. The van der Waals surface area contributed by atoms with Gasteiger partial charge in [0.2, 0.25) is 0 Å². The number of alkyl halides is 4. The van der Waals surface area contributed by atoms with Crippen molar-refractivity contribution in [1.82, 2.24) is 0 Å². The largest absolute Gasteiger partial charge is 0.416 e. The zero-order chi connectivity index (χ0) is 12.3. The highest BCUT2D eigenvalue weighted by Gasteiger charge is 2.30. The van der Waals surface area contributed by atoms with Crippen LogP contribution >= 0.6 is 23.2 Å². The lowest BCUT2D eigenvalue weighted by Crippen LogP contribution is -2.12. The fourth-order valence-electron chi connectivity index (χ4n) is 0.959. The number of hydrogen-bond acceptors (Lipinski definition) is 1. The van der Waals surface area contributed by atoms with Crippen LogP contribution < -0.4 is 5.73 Å². The van der Waals surface area contributed by atoms with Crippen molar-refractivity contribution in [2.24, 2.45) is 10.7 Å². The van der Waals surface area contributed by atoms with Crippen molar-refractivity contribution in [3.05, 3.63) is 28.8 Å². The Labute approximate surface area is 99.9 Å². The third-order valence-corrected chi connectivity index (χ3v) is 2.27. The Morgan fingerprint density at radius 2 is 2.00 bits per heavy atom. The molecule has 0 atom stereocenters. The van der Waals surface area contributed by atoms with E-state index in [1.807, 2.05) is 0 Å². The number of nitrogens with two attached hydrogens (primary N) is 1. The van der Waals surface area contributed by atoms with E-state index in [9.17, 15) is 13.2 Å². The molecular formula is C9H7Cl2F3N2. The summed E-state index contributed by atoms with van der Waals surface area (Å²) in [6.07, 6.45) is -4.44. The van der Waals surface area contributed by atoms with E-state index in [4.69, 9.17) is 28.9 Å². The second-order valence-corrected chi connectivity index (χ2v) is 3.58. The number of rotatable bonds is 2. The molecule has 2 nitrogen and oxygen atoms in total. The van der Waals surface area contributed by atoms with Gasteiger partial charge >= 0.3 is 6.18 Å². The summed E-state index contributed by atoms with van der Waals surface area (Å²) in [5, 5.41) is 0.0843. The van der Waals surface area contributed by atoms with Gasteiger partial charge in [0, 0.05) is 0 Å². The van der Waals surface area contributed by atoms with Crippen LogP contribution in [0, 0.1) is 0 Å². The summed E-state index contributed by atoms with van der Waals surface area (Å²) < 4.78 is 37.1. The summed E-state index contributed by atoms with van der Waals surface area (Å²) in [5.74, 6) is -0.0741. The SMILES string of the molecule is NC(CCl)=Nc1cc(C(F)(F)F)ccc1Cl. The van der Waals surface area contributed by atoms with Gasteiger partial charge in [-0.2, -0.15) is 13.2 Å². The molecule has 0 aliphatic rings. The van der Waals surface area contributed by atoms with E-state index < -0.39 is 11.7 Å². The third kappa shape index (κ3) is 3.28. The quantitative estimate of drug-likeness (QED) is 0.498. The normalized spacial score (nSPS) is 12.9. The standard InChI is InChI=1S/C9H7Cl2F3N2/c10-4-8(15)16-7-3-5(9(12,13)14)1-2-6(7)11/h1-3H,4H2,(H2,15,16). The van der Waals surface area contributed by atoms with Gasteiger partial charge in [-0.05, 0) is 18.2 Å². The highest BCUT2D eigenvalue weighted by atomic mass is 35.5. The first-order valence-corrected chi connectivity index (χ1v) is 5.01. The summed E-state index contributed by atoms with van der Waals surface area (Å²) in [6, 6.07) is 2.81. The summed E-state index contributed by atoms with van der Waals surface area (Å²) >= 11 is 11.0. The number of halogens is 5. The van der Waals surface area contributed by atoms with Crippen LogP contribution in [0.25, 0.3) is 0 Å². The number of hydrogen-bond donors (Lipinski definition) is 1. The van der Waals surface area contributed by atoms with E-state index in [0.717, 1.165) is 18.2 Å². The first-order chi connectivity index (χ1) is 7.34. The van der Waals surface area contributed by atoms with Gasteiger partial charge in [0.25, 0.3) is 0 Å². The van der Waals surface area contributed by atoms with Gasteiger partial charge in [0.05, 0.1) is 22.2 Å². The predicted octanol–water partition coefficient (Wildman–Crippen LogP) is 3.59. The van der Waals surface area contributed by atoms with Crippen LogP contribution in [0.3, 0.4) is 0 Å². The molecule has 1 rings (SSSR count). The number of benzene rings is 1. The second kappa shape index (κ2) is 4.93. The van der Waals surface area contributed by atoms with Crippen molar-refractivity contribution >= 4 is 34.7 Å². The highest BCUT2D eigenvalue weighted by Crippen LogP contribution is 2.34. The lowest BCUT2D eigenvalue weighted by atomic mass is 10.2. The Kier molecular flexibility index (Phi) is 4.04. The molecule has 0 fully saturated rings. The molecule has 1 aromatic carbocycles. The summed E-state index contributed by atoms with van der Waals surface area (Å²) in [7, 11) is 0. The third-order valence-electron chi connectivity index (χ3n) is 1.67. The average Bonchev–Trinajstić information content (AvgIpc) is 2.19. The van der Waals surface area contributed by atoms with E-state index in [1.54, 1.807) is 0 Å². The Morgan fingerprint density at radius 3 is 2.50 bits per heavy atom. The fourth-order valence-corrected chi connectivity index (χ4v) is 1.18. The Balaban J connectivity index is 3.19. The molecule has 0 aliphatic heterocycles. The first-order valence-electron chi connectivity index (χ1n) is 4.10. The lowest BCUT2D eigenvalue weighted by molar-refractivity contribution is -0.137. The summed E-state index contributed by atoms with van der Waals surface area (Å²) in [5.41, 5.74) is 4.43. The molecule has 0 radical (unpaired) electrons. The predicted molar refractivity (Wildman–Crippen MR) is 58.5 cm³/mol. The second-order valence-electron chi connectivity index (χ2n) is 2.90. The molecule has 0 heterocycles. The molecule has 0 saturated carbocycles. The average molecular weight is 271 g/mol. The van der Waals surface area contributed by atoms with Crippen LogP contribution in [0.1, 0.15) is 5.56 Å². The van der Waals surface area contributed by atoms with Gasteiger partial charge < -0.3 is 5.73 Å². The molecule has 0 aliphatic carbocycles. The Bertz CT molecular complexity index is 416. The maximum Gasteiger partial charge on any atom is 0.416 e. The van der Waals surface area contributed by atoms with Crippen LogP contribution in [-0.2, 0) is 6.18 Å². The van der Waals surface area contributed by atoms with Crippen molar-refractivity contribution in [3.8, 4) is 0 Å². The van der Waals surface area contributed by atoms with Gasteiger partial charge in [0.15, 0.2) is 0 Å². The van der Waals surface area contributed by atoms with Crippen molar-refractivity contribution in [2.45, 2.75) is 6.18 Å². The monoisotopic (exact) mass is 270 g/mol. The van der Waals surface area contributed by atoms with Gasteiger partial charge in [-0.15, -0.1) is 11.6 Å². The van der Waals surface area contributed by atoms with Gasteiger partial charge in [-0.3, -0.25) is 0 Å². The topological polar surface area (TPSA) is 38.4 Å². The molecule has 7 heteroatoms. The van der Waals surface area contributed by atoms with Crippen LogP contribution in [0.15, 0.2) is 23.2 Å². The molecule has 2 N–H and O–H groups in total. The van der Waals surface area contributed by atoms with Gasteiger partial charge in [-0.1, -0.05) is 11.6 Å². The molecule has 0 aromatic heterocycles. The minimum Gasteiger partial charge on any atom is -0.386 e. The molecule has 0 spiro atoms. The van der Waals surface area contributed by atoms with Crippen molar-refractivity contribution < 1.29 is 13.2 Å². The van der Waals surface area contributed by atoms with Gasteiger partial charge in [0.1, 0.15) is 5.84 Å². The molecule has 1 aromatic rings. The molecular weight excluding hydrogens is 264 g/mol. The number of amidine groups is 1. The van der Waals surface area contributed by atoms with E-state index in [1.165, 1.54) is 0 Å². The van der Waals surface area contributed by atoms with E-state index in [0.29, 0.717) is 0 Å². The van der Waals surface area contributed by atoms with Gasteiger partial charge in [-0.25, -0.2) is 4.99 Å². The van der Waals surface area contributed by atoms with Crippen LogP contribution in [0.4, 0.5) is 18.9 Å². The molecule has 0 unspecified atom stereocenters. The van der Waals surface area contributed by atoms with E-state index in [2.05, 4.69) is 4.99 Å². The summed E-state index contributed by atoms with van der Waals surface area (Å²) in [4.78, 5) is 3.68. The maximum absolute atomic E-state index is 12.4. The van der Waals surface area contributed by atoms with Crippen molar-refractivity contribution in [3.63, 3.8) is 0 Å². The van der Waals surface area contributed by atoms with Crippen molar-refractivity contribution in [2.75, 3.05) is 5.88 Å². The van der Waals surface area contributed by atoms with E-state index in [-0.39, 0.29) is 22.4 Å². The minimum absolute atomic E-state index is 0.00268. The number of aliphatic imine (C=N–C) groups is 1. The minimum atomic E-state index is -4.44. The van der Waals surface area contributed by atoms with Crippen LogP contribution in [-0.4, -0.2) is 11.7 Å². The Hall–Kier alpha value is -0.940. The fraction of sp³-hybridized carbons (Fsp3) is 0.222. The lowest BCUT2D eigenvalue weighted by Gasteiger charge is -2.08. The van der Waals surface area contributed by atoms with Crippen LogP contribution in [0.2, 0.25) is 5.02 Å². The molecule has 0 saturated heterocycles. The smallest absolute Gasteiger partial charge is 0.386 e. The molecule has 0 bridgehead atoms. The van der Waals surface area contributed by atoms with Crippen LogP contribution in [0.5, 0.6) is 0 Å². The number of nitrogens with zero attached hydrogens (tertiary/aromatic N) is 1. The zero-order valence-corrected chi connectivity index (χ0v) is 9.37. The van der Waals surface area contributed by atoms with E-state index >= 15 is 0 Å². The first kappa shape index (κ1) is 13.1. The molecule has 0 amide bonds. The Morgan fingerprint density at radius 1 is 1.38 bits per heavy atom. The summed E-state index contributed by atoms with van der Waals surface area (Å²) in [6.45, 7) is 0. The molecule has 88 valence electrons.